The van der Waals surface area contributed by atoms with E-state index >= 15 is 0 Å². The normalized spacial score (nSPS) is 22.3. The van der Waals surface area contributed by atoms with Crippen LogP contribution in [0, 0.1) is 0 Å². The number of carbonyl (C=O) groups excluding carboxylic acids is 1. The number of likely N-dealkylation sites (tertiary alicyclic amines) is 1. The number of rotatable bonds is 2. The van der Waals surface area contributed by atoms with Crippen LogP contribution in [0.1, 0.15) is 12.8 Å². The Labute approximate surface area is 154 Å². The summed E-state index contributed by atoms with van der Waals surface area (Å²) in [5.41, 5.74) is 0.747. The summed E-state index contributed by atoms with van der Waals surface area (Å²) in [6.45, 7) is 6.95. The minimum atomic E-state index is -0.0373. The maximum atomic E-state index is 12.6. The molecule has 0 unspecified atom stereocenters. The summed E-state index contributed by atoms with van der Waals surface area (Å²) in [6, 6.07) is 6.18. The van der Waals surface area contributed by atoms with Crippen LogP contribution in [0.2, 0.25) is 0 Å². The van der Waals surface area contributed by atoms with Crippen LogP contribution in [0.3, 0.4) is 0 Å². The molecule has 3 heterocycles. The van der Waals surface area contributed by atoms with Crippen molar-refractivity contribution in [3.05, 3.63) is 18.2 Å². The van der Waals surface area contributed by atoms with E-state index in [9.17, 15) is 4.79 Å². The van der Waals surface area contributed by atoms with Gasteiger partial charge in [0, 0.05) is 44.0 Å². The van der Waals surface area contributed by atoms with Gasteiger partial charge in [-0.25, -0.2) is 4.79 Å². The number of nitrogens with one attached hydrogen (secondary N) is 1. The Morgan fingerprint density at radius 2 is 1.69 bits per heavy atom. The molecular weight excluding hydrogens is 332 g/mol. The molecule has 7 nitrogen and oxygen atoms in total. The Kier molecular flexibility index (Phi) is 5.17. The molecule has 2 fully saturated rings. The standard InChI is InChI=1S/C19H28N4O3/c1-21-6-4-16(5-7-21)22-8-10-23(11-9-22)19(24)20-15-2-3-17-18(14-15)26-13-12-25-17/h2-3,14,16H,4-13H2,1H3,(H,20,24). The van der Waals surface area contributed by atoms with Gasteiger partial charge in [-0.15, -0.1) is 0 Å². The summed E-state index contributed by atoms with van der Waals surface area (Å²) >= 11 is 0. The fraction of sp³-hybridized carbons (Fsp3) is 0.632. The molecule has 3 aliphatic rings. The molecule has 0 aliphatic carbocycles. The maximum absolute atomic E-state index is 12.6. The highest BCUT2D eigenvalue weighted by Gasteiger charge is 2.28. The highest BCUT2D eigenvalue weighted by atomic mass is 16.6. The van der Waals surface area contributed by atoms with Crippen molar-refractivity contribution in [2.45, 2.75) is 18.9 Å². The Hall–Kier alpha value is -1.99. The van der Waals surface area contributed by atoms with Crippen molar-refractivity contribution in [3.63, 3.8) is 0 Å². The number of hydrogen-bond acceptors (Lipinski definition) is 5. The number of piperidine rings is 1. The first kappa shape index (κ1) is 17.4. The number of nitrogens with zero attached hydrogens (tertiary/aromatic N) is 3. The van der Waals surface area contributed by atoms with E-state index in [1.54, 1.807) is 0 Å². The Morgan fingerprint density at radius 1 is 1.00 bits per heavy atom. The fourth-order valence-corrected chi connectivity index (χ4v) is 3.97. The third-order valence-corrected chi connectivity index (χ3v) is 5.60. The summed E-state index contributed by atoms with van der Waals surface area (Å²) in [6.07, 6.45) is 2.47. The van der Waals surface area contributed by atoms with Crippen LogP contribution in [0.5, 0.6) is 11.5 Å². The monoisotopic (exact) mass is 360 g/mol. The molecule has 1 aromatic rings. The fourth-order valence-electron chi connectivity index (χ4n) is 3.97. The first-order chi connectivity index (χ1) is 12.7. The van der Waals surface area contributed by atoms with Gasteiger partial charge in [-0.05, 0) is 45.1 Å². The van der Waals surface area contributed by atoms with Gasteiger partial charge in [0.1, 0.15) is 13.2 Å². The van der Waals surface area contributed by atoms with Crippen LogP contribution in [0.25, 0.3) is 0 Å². The van der Waals surface area contributed by atoms with Crippen LogP contribution in [-0.2, 0) is 0 Å². The number of piperazine rings is 1. The number of anilines is 1. The van der Waals surface area contributed by atoms with E-state index < -0.39 is 0 Å². The third-order valence-electron chi connectivity index (χ3n) is 5.60. The molecule has 2 saturated heterocycles. The van der Waals surface area contributed by atoms with E-state index in [2.05, 4.69) is 22.2 Å². The van der Waals surface area contributed by atoms with Gasteiger partial charge in [0.25, 0.3) is 0 Å². The van der Waals surface area contributed by atoms with E-state index in [1.807, 2.05) is 23.1 Å². The zero-order valence-corrected chi connectivity index (χ0v) is 15.4. The van der Waals surface area contributed by atoms with Gasteiger partial charge in [0.2, 0.25) is 0 Å². The largest absolute Gasteiger partial charge is 0.486 e. The van der Waals surface area contributed by atoms with Crippen molar-refractivity contribution in [2.75, 3.05) is 64.8 Å². The number of hydrogen-bond donors (Lipinski definition) is 1. The number of amides is 2. The minimum absolute atomic E-state index is 0.0373. The molecule has 1 aromatic carbocycles. The van der Waals surface area contributed by atoms with Gasteiger partial charge in [0.05, 0.1) is 0 Å². The van der Waals surface area contributed by atoms with Crippen LogP contribution in [0.15, 0.2) is 18.2 Å². The Balaban J connectivity index is 1.28. The number of benzene rings is 1. The molecule has 4 rings (SSSR count). The first-order valence-electron chi connectivity index (χ1n) is 9.57. The average molecular weight is 360 g/mol. The van der Waals surface area contributed by atoms with E-state index in [0.29, 0.717) is 25.0 Å². The number of carbonyl (C=O) groups is 1. The van der Waals surface area contributed by atoms with E-state index in [0.717, 1.165) is 37.6 Å². The summed E-state index contributed by atoms with van der Waals surface area (Å²) in [7, 11) is 2.19. The lowest BCUT2D eigenvalue weighted by molar-refractivity contribution is 0.0775. The molecule has 0 bridgehead atoms. The smallest absolute Gasteiger partial charge is 0.321 e. The van der Waals surface area contributed by atoms with E-state index in [4.69, 9.17) is 9.47 Å². The summed E-state index contributed by atoms with van der Waals surface area (Å²) < 4.78 is 11.1. The van der Waals surface area contributed by atoms with Crippen LogP contribution >= 0.6 is 0 Å². The predicted octanol–water partition coefficient (Wildman–Crippen LogP) is 1.70. The van der Waals surface area contributed by atoms with Crippen molar-refractivity contribution in [1.29, 1.82) is 0 Å². The van der Waals surface area contributed by atoms with Gasteiger partial charge in [-0.3, -0.25) is 4.90 Å². The van der Waals surface area contributed by atoms with Gasteiger partial charge in [-0.2, -0.15) is 0 Å². The molecule has 1 N–H and O–H groups in total. The quantitative estimate of drug-likeness (QED) is 0.870. The Morgan fingerprint density at radius 3 is 2.42 bits per heavy atom. The molecule has 0 spiro atoms. The lowest BCUT2D eigenvalue weighted by Crippen LogP contribution is -2.54. The van der Waals surface area contributed by atoms with Gasteiger partial charge >= 0.3 is 6.03 Å². The van der Waals surface area contributed by atoms with Crippen molar-refractivity contribution < 1.29 is 14.3 Å². The van der Waals surface area contributed by atoms with Gasteiger partial charge in [-0.1, -0.05) is 0 Å². The second-order valence-electron chi connectivity index (χ2n) is 7.35. The minimum Gasteiger partial charge on any atom is -0.486 e. The molecular formula is C19H28N4O3. The van der Waals surface area contributed by atoms with Crippen LogP contribution in [-0.4, -0.2) is 86.3 Å². The number of ether oxygens (including phenoxy) is 2. The molecule has 0 radical (unpaired) electrons. The predicted molar refractivity (Wildman–Crippen MR) is 100 cm³/mol. The summed E-state index contributed by atoms with van der Waals surface area (Å²) in [4.78, 5) is 19.4. The maximum Gasteiger partial charge on any atom is 0.321 e. The summed E-state index contributed by atoms with van der Waals surface area (Å²) in [5.74, 6) is 1.43. The third kappa shape index (κ3) is 3.88. The molecule has 0 atom stereocenters. The number of urea groups is 1. The molecule has 7 heteroatoms. The molecule has 2 amide bonds. The molecule has 0 aromatic heterocycles. The van der Waals surface area contributed by atoms with E-state index in [-0.39, 0.29) is 6.03 Å². The lowest BCUT2D eigenvalue weighted by Gasteiger charge is -2.42. The topological polar surface area (TPSA) is 57.3 Å². The first-order valence-corrected chi connectivity index (χ1v) is 9.57. The number of fused-ring (bicyclic) bond motifs is 1. The molecule has 0 saturated carbocycles. The van der Waals surface area contributed by atoms with Gasteiger partial charge in [0.15, 0.2) is 11.5 Å². The second kappa shape index (κ2) is 7.72. The second-order valence-corrected chi connectivity index (χ2v) is 7.35. The zero-order chi connectivity index (χ0) is 17.9. The van der Waals surface area contributed by atoms with Crippen LogP contribution in [0.4, 0.5) is 10.5 Å². The molecule has 142 valence electrons. The van der Waals surface area contributed by atoms with Crippen molar-refractivity contribution in [2.24, 2.45) is 0 Å². The van der Waals surface area contributed by atoms with Crippen LogP contribution < -0.4 is 14.8 Å². The summed E-state index contributed by atoms with van der Waals surface area (Å²) in [5, 5.41) is 2.99. The van der Waals surface area contributed by atoms with Crippen molar-refractivity contribution in [3.8, 4) is 11.5 Å². The highest BCUT2D eigenvalue weighted by molar-refractivity contribution is 5.89. The van der Waals surface area contributed by atoms with Gasteiger partial charge < -0.3 is 24.6 Å². The SMILES string of the molecule is CN1CCC(N2CCN(C(=O)Nc3ccc4c(c3)OCCO4)CC2)CC1. The average Bonchev–Trinajstić information content (AvgIpc) is 2.68. The zero-order valence-electron chi connectivity index (χ0n) is 15.4. The highest BCUT2D eigenvalue weighted by Crippen LogP contribution is 2.32. The van der Waals surface area contributed by atoms with Crippen molar-refractivity contribution in [1.82, 2.24) is 14.7 Å². The van der Waals surface area contributed by atoms with Crippen molar-refractivity contribution >= 4 is 11.7 Å². The van der Waals surface area contributed by atoms with E-state index in [1.165, 1.54) is 25.9 Å². The molecule has 3 aliphatic heterocycles. The molecule has 26 heavy (non-hydrogen) atoms. The lowest BCUT2D eigenvalue weighted by atomic mass is 10.0. The Bertz CT molecular complexity index is 638.